The Morgan fingerprint density at radius 1 is 0.885 bits per heavy atom. The first-order chi connectivity index (χ1) is 12.2. The third-order valence-corrected chi connectivity index (χ3v) is 10.9. The molecule has 0 radical (unpaired) electrons. The van der Waals surface area contributed by atoms with Gasteiger partial charge in [0, 0.05) is 0 Å². The summed E-state index contributed by atoms with van der Waals surface area (Å²) in [5.41, 5.74) is 3.22. The van der Waals surface area contributed by atoms with E-state index in [2.05, 4.69) is 41.2 Å². The Balaban J connectivity index is 1.63. The molecule has 148 valence electrons. The minimum atomic E-state index is 0.570. The molecule has 0 nitrogen and oxygen atoms in total. The van der Waals surface area contributed by atoms with Crippen molar-refractivity contribution in [1.29, 1.82) is 0 Å². The maximum atomic E-state index is 4.23. The molecule has 0 heteroatoms. The lowest BCUT2D eigenvalue weighted by Crippen LogP contribution is -2.57. The Morgan fingerprint density at radius 3 is 2.35 bits per heavy atom. The molecule has 8 unspecified atom stereocenters. The van der Waals surface area contributed by atoms with Gasteiger partial charge >= 0.3 is 0 Å². The molecule has 0 bridgehead atoms. The Hall–Kier alpha value is -0.260. The molecule has 0 aromatic heterocycles. The summed E-state index contributed by atoms with van der Waals surface area (Å²) < 4.78 is 0. The Bertz CT molecular complexity index is 560. The van der Waals surface area contributed by atoms with Gasteiger partial charge in [0.2, 0.25) is 0 Å². The predicted molar refractivity (Wildman–Crippen MR) is 113 cm³/mol. The first-order valence-corrected chi connectivity index (χ1v) is 11.9. The molecule has 0 N–H and O–H groups in total. The maximum absolute atomic E-state index is 4.23. The van der Waals surface area contributed by atoms with Crippen LogP contribution in [0.3, 0.4) is 0 Å². The summed E-state index contributed by atoms with van der Waals surface area (Å²) in [6.45, 7) is 17.2. The molecule has 4 fully saturated rings. The van der Waals surface area contributed by atoms with E-state index in [0.717, 1.165) is 29.6 Å². The lowest BCUT2D eigenvalue weighted by Gasteiger charge is -2.64. The molecule has 4 rings (SSSR count). The zero-order valence-electron chi connectivity index (χ0n) is 18.4. The van der Waals surface area contributed by atoms with E-state index in [1.807, 2.05) is 0 Å². The van der Waals surface area contributed by atoms with Crippen LogP contribution in [0.25, 0.3) is 0 Å². The van der Waals surface area contributed by atoms with Crippen molar-refractivity contribution in [1.82, 2.24) is 0 Å². The molecule has 0 amide bonds. The molecule has 0 spiro atoms. The average Bonchev–Trinajstić information content (AvgIpc) is 2.85. The molecular weight excluding hydrogens is 312 g/mol. The first kappa shape index (κ1) is 19.1. The fourth-order valence-electron chi connectivity index (χ4n) is 9.35. The van der Waals surface area contributed by atoms with E-state index in [1.54, 1.807) is 6.42 Å². The summed E-state index contributed by atoms with van der Waals surface area (Å²) in [4.78, 5) is 0. The Morgan fingerprint density at radius 2 is 1.62 bits per heavy atom. The first-order valence-electron chi connectivity index (χ1n) is 11.9. The van der Waals surface area contributed by atoms with Crippen LogP contribution >= 0.6 is 0 Å². The normalized spacial score (nSPS) is 51.9. The van der Waals surface area contributed by atoms with Gasteiger partial charge < -0.3 is 0 Å². The third-order valence-electron chi connectivity index (χ3n) is 10.9. The number of hydrogen-bond donors (Lipinski definition) is 0. The van der Waals surface area contributed by atoms with Crippen LogP contribution in [0.1, 0.15) is 105 Å². The minimum absolute atomic E-state index is 0.570. The molecule has 0 aromatic carbocycles. The molecule has 0 aliphatic heterocycles. The van der Waals surface area contributed by atoms with Crippen LogP contribution in [-0.4, -0.2) is 0 Å². The van der Waals surface area contributed by atoms with Gasteiger partial charge in [0.15, 0.2) is 0 Å². The lowest BCUT2D eigenvalue weighted by molar-refractivity contribution is -0.156. The predicted octanol–water partition coefficient (Wildman–Crippen LogP) is 8.03. The average molecular weight is 357 g/mol. The Labute approximate surface area is 163 Å². The largest absolute Gasteiger partial charge is 0.100 e. The van der Waals surface area contributed by atoms with E-state index in [9.17, 15) is 0 Å². The van der Waals surface area contributed by atoms with Crippen LogP contribution in [0.4, 0.5) is 0 Å². The van der Waals surface area contributed by atoms with Crippen molar-refractivity contribution in [2.45, 2.75) is 105 Å². The van der Waals surface area contributed by atoms with Crippen molar-refractivity contribution < 1.29 is 0 Å². The second-order valence-electron chi connectivity index (χ2n) is 11.9. The van der Waals surface area contributed by atoms with Gasteiger partial charge in [-0.05, 0) is 111 Å². The van der Waals surface area contributed by atoms with Crippen molar-refractivity contribution in [3.8, 4) is 0 Å². The molecule has 4 aliphatic rings. The number of hydrogen-bond acceptors (Lipinski definition) is 0. The summed E-state index contributed by atoms with van der Waals surface area (Å²) >= 11 is 0. The smallest absolute Gasteiger partial charge is 0.0238 e. The van der Waals surface area contributed by atoms with Gasteiger partial charge in [0.05, 0.1) is 0 Å². The third kappa shape index (κ3) is 2.52. The molecule has 0 aromatic rings. The van der Waals surface area contributed by atoms with E-state index in [1.165, 1.54) is 69.8 Å². The molecular formula is C26H44. The van der Waals surface area contributed by atoms with E-state index < -0.39 is 0 Å². The fraction of sp³-hybridized carbons (Fsp3) is 0.923. The summed E-state index contributed by atoms with van der Waals surface area (Å²) in [7, 11) is 0. The van der Waals surface area contributed by atoms with Crippen LogP contribution in [0, 0.1) is 45.8 Å². The molecule has 0 saturated heterocycles. The van der Waals surface area contributed by atoms with Crippen LogP contribution in [0.2, 0.25) is 0 Å². The minimum Gasteiger partial charge on any atom is -0.100 e. The monoisotopic (exact) mass is 356 g/mol. The van der Waals surface area contributed by atoms with Crippen LogP contribution in [0.15, 0.2) is 12.2 Å². The highest BCUT2D eigenvalue weighted by molar-refractivity contribution is 5.15. The second kappa shape index (κ2) is 6.38. The fourth-order valence-corrected chi connectivity index (χ4v) is 9.35. The van der Waals surface area contributed by atoms with E-state index in [-0.39, 0.29) is 0 Å². The maximum Gasteiger partial charge on any atom is -0.0238 e. The van der Waals surface area contributed by atoms with Crippen molar-refractivity contribution >= 4 is 0 Å². The van der Waals surface area contributed by atoms with E-state index >= 15 is 0 Å². The van der Waals surface area contributed by atoms with Crippen LogP contribution < -0.4 is 0 Å². The SMILES string of the molecule is C=C(C)CC(C)C1CCC2(C)C3CCC4CCCCC4(C)C3CCC12C. The Kier molecular flexibility index (Phi) is 4.68. The summed E-state index contributed by atoms with van der Waals surface area (Å²) in [5.74, 6) is 4.81. The van der Waals surface area contributed by atoms with Crippen molar-refractivity contribution in [2.75, 3.05) is 0 Å². The standard InChI is InChI=1S/C26H44/c1-18(2)17-19(3)21-12-15-26(6)23-11-10-20-9-7-8-14-24(20,4)22(23)13-16-25(21,26)5/h19-23H,1,7-17H2,2-6H3. The van der Waals surface area contributed by atoms with Gasteiger partial charge in [-0.25, -0.2) is 0 Å². The van der Waals surface area contributed by atoms with Crippen LogP contribution in [0.5, 0.6) is 0 Å². The van der Waals surface area contributed by atoms with Crippen molar-refractivity contribution in [2.24, 2.45) is 45.8 Å². The van der Waals surface area contributed by atoms with Gasteiger partial charge in [0.1, 0.15) is 0 Å². The van der Waals surface area contributed by atoms with Gasteiger partial charge in [-0.15, -0.1) is 6.58 Å². The highest BCUT2D eigenvalue weighted by atomic mass is 14.7. The van der Waals surface area contributed by atoms with Gasteiger partial charge in [-0.1, -0.05) is 46.1 Å². The van der Waals surface area contributed by atoms with Crippen molar-refractivity contribution in [3.63, 3.8) is 0 Å². The zero-order chi connectivity index (χ0) is 18.7. The quantitative estimate of drug-likeness (QED) is 0.449. The molecule has 0 heterocycles. The molecule has 8 atom stereocenters. The second-order valence-corrected chi connectivity index (χ2v) is 11.9. The lowest BCUT2D eigenvalue weighted by atomic mass is 9.40. The van der Waals surface area contributed by atoms with Crippen LogP contribution in [-0.2, 0) is 0 Å². The topological polar surface area (TPSA) is 0 Å². The number of fused-ring (bicyclic) bond motifs is 5. The highest BCUT2D eigenvalue weighted by Gasteiger charge is 2.65. The molecule has 4 saturated carbocycles. The molecule has 4 aliphatic carbocycles. The summed E-state index contributed by atoms with van der Waals surface area (Å²) in [5, 5.41) is 0. The molecule has 26 heavy (non-hydrogen) atoms. The van der Waals surface area contributed by atoms with Gasteiger partial charge in [-0.3, -0.25) is 0 Å². The van der Waals surface area contributed by atoms with E-state index in [0.29, 0.717) is 16.2 Å². The van der Waals surface area contributed by atoms with Crippen molar-refractivity contribution in [3.05, 3.63) is 12.2 Å². The van der Waals surface area contributed by atoms with Gasteiger partial charge in [0.25, 0.3) is 0 Å². The summed E-state index contributed by atoms with van der Waals surface area (Å²) in [6, 6.07) is 0. The number of rotatable bonds is 3. The summed E-state index contributed by atoms with van der Waals surface area (Å²) in [6.07, 6.45) is 16.4. The number of allylic oxidation sites excluding steroid dienone is 1. The van der Waals surface area contributed by atoms with E-state index in [4.69, 9.17) is 0 Å². The van der Waals surface area contributed by atoms with Gasteiger partial charge in [-0.2, -0.15) is 0 Å². The highest BCUT2D eigenvalue weighted by Crippen LogP contribution is 2.73. The zero-order valence-corrected chi connectivity index (χ0v) is 18.4.